The van der Waals surface area contributed by atoms with Gasteiger partial charge < -0.3 is 14.7 Å². The van der Waals surface area contributed by atoms with Crippen LogP contribution in [0.1, 0.15) is 22.6 Å². The van der Waals surface area contributed by atoms with E-state index in [9.17, 15) is 9.90 Å². The minimum atomic E-state index is -0.939. The molecule has 136 valence electrons. The first-order valence-corrected chi connectivity index (χ1v) is 9.95. The average Bonchev–Trinajstić information content (AvgIpc) is 3.31. The molecular formula is C22H19NO3S. The molecule has 0 spiro atoms. The van der Waals surface area contributed by atoms with Crippen molar-refractivity contribution in [3.8, 4) is 11.1 Å². The van der Waals surface area contributed by atoms with E-state index in [0.717, 1.165) is 5.56 Å². The molecule has 1 saturated heterocycles. The van der Waals surface area contributed by atoms with Crippen molar-refractivity contribution < 1.29 is 14.6 Å². The number of benzene rings is 2. The van der Waals surface area contributed by atoms with Crippen LogP contribution in [0.15, 0.2) is 65.4 Å². The molecule has 5 heteroatoms. The molecule has 0 radical (unpaired) electrons. The third-order valence-electron chi connectivity index (χ3n) is 5.56. The van der Waals surface area contributed by atoms with Gasteiger partial charge in [0.1, 0.15) is 12.2 Å². The first-order valence-electron chi connectivity index (χ1n) is 9.01. The molecule has 1 N–H and O–H groups in total. The van der Waals surface area contributed by atoms with Gasteiger partial charge in [-0.15, -0.1) is 0 Å². The Hall–Kier alpha value is -2.63. The van der Waals surface area contributed by atoms with E-state index >= 15 is 0 Å². The number of thiophene rings is 1. The topological polar surface area (TPSA) is 49.8 Å². The number of hydrogen-bond acceptors (Lipinski definition) is 4. The lowest BCUT2D eigenvalue weighted by atomic mass is 9.88. The second-order valence-corrected chi connectivity index (χ2v) is 7.98. The molecule has 5 rings (SSSR count). The van der Waals surface area contributed by atoms with Crippen molar-refractivity contribution in [2.24, 2.45) is 0 Å². The fourth-order valence-electron chi connectivity index (χ4n) is 4.11. The Kier molecular flexibility index (Phi) is 3.81. The summed E-state index contributed by atoms with van der Waals surface area (Å²) in [5, 5.41) is 14.4. The van der Waals surface area contributed by atoms with Crippen molar-refractivity contribution >= 4 is 17.4 Å². The molecule has 2 aliphatic rings. The number of likely N-dealkylation sites (tertiary alicyclic amines) is 1. The van der Waals surface area contributed by atoms with Crippen LogP contribution in [-0.4, -0.2) is 35.8 Å². The zero-order valence-electron chi connectivity index (χ0n) is 14.7. The van der Waals surface area contributed by atoms with Crippen LogP contribution in [0.2, 0.25) is 0 Å². The maximum absolute atomic E-state index is 12.5. The number of amides is 1. The summed E-state index contributed by atoms with van der Waals surface area (Å²) in [7, 11) is 0. The molecule has 1 aromatic heterocycles. The molecule has 2 aromatic carbocycles. The number of ether oxygens (including phenoxy) is 1. The first kappa shape index (κ1) is 16.5. The van der Waals surface area contributed by atoms with Gasteiger partial charge in [0.05, 0.1) is 13.1 Å². The van der Waals surface area contributed by atoms with Gasteiger partial charge in [-0.25, -0.2) is 4.79 Å². The zero-order chi connectivity index (χ0) is 18.4. The Morgan fingerprint density at radius 3 is 2.30 bits per heavy atom. The third kappa shape index (κ3) is 2.66. The Morgan fingerprint density at radius 2 is 1.70 bits per heavy atom. The third-order valence-corrected chi connectivity index (χ3v) is 6.24. The first-order chi connectivity index (χ1) is 13.2. The maximum atomic E-state index is 12.5. The van der Waals surface area contributed by atoms with E-state index in [1.165, 1.54) is 22.3 Å². The van der Waals surface area contributed by atoms with Crippen molar-refractivity contribution in [3.05, 3.63) is 82.0 Å². The molecule has 1 aliphatic carbocycles. The van der Waals surface area contributed by atoms with Crippen LogP contribution in [0, 0.1) is 0 Å². The molecule has 27 heavy (non-hydrogen) atoms. The van der Waals surface area contributed by atoms with Crippen LogP contribution in [0.4, 0.5) is 4.79 Å². The second kappa shape index (κ2) is 6.22. The number of aliphatic hydroxyl groups is 1. The fourth-order valence-corrected chi connectivity index (χ4v) is 4.86. The van der Waals surface area contributed by atoms with Crippen LogP contribution in [0.25, 0.3) is 11.1 Å². The van der Waals surface area contributed by atoms with Crippen LogP contribution in [-0.2, 0) is 10.3 Å². The standard InChI is InChI=1S/C22H19NO3S/c24-21(23-13-22(25,14-23)15-9-10-27-12-15)26-11-20-18-7-3-1-5-16(18)17-6-2-4-8-19(17)20/h1-10,12,20,25H,11,13-14H2. The largest absolute Gasteiger partial charge is 0.448 e. The predicted molar refractivity (Wildman–Crippen MR) is 105 cm³/mol. The summed E-state index contributed by atoms with van der Waals surface area (Å²) in [6.45, 7) is 0.862. The van der Waals surface area contributed by atoms with Gasteiger partial charge in [0.2, 0.25) is 0 Å². The van der Waals surface area contributed by atoms with Gasteiger partial charge in [0.25, 0.3) is 0 Å². The summed E-state index contributed by atoms with van der Waals surface area (Å²) >= 11 is 1.54. The van der Waals surface area contributed by atoms with E-state index in [2.05, 4.69) is 24.3 Å². The zero-order valence-corrected chi connectivity index (χ0v) is 15.5. The van der Waals surface area contributed by atoms with Gasteiger partial charge in [-0.1, -0.05) is 48.5 Å². The van der Waals surface area contributed by atoms with Crippen LogP contribution in [0.3, 0.4) is 0 Å². The number of carbonyl (C=O) groups is 1. The monoisotopic (exact) mass is 377 g/mol. The lowest BCUT2D eigenvalue weighted by Gasteiger charge is -2.45. The van der Waals surface area contributed by atoms with E-state index in [-0.39, 0.29) is 25.1 Å². The van der Waals surface area contributed by atoms with Crippen molar-refractivity contribution in [2.75, 3.05) is 19.7 Å². The van der Waals surface area contributed by atoms with Crippen LogP contribution < -0.4 is 0 Å². The van der Waals surface area contributed by atoms with Gasteiger partial charge >= 0.3 is 6.09 Å². The van der Waals surface area contributed by atoms with E-state index in [0.29, 0.717) is 6.61 Å². The highest BCUT2D eigenvalue weighted by atomic mass is 32.1. The number of hydrogen-bond donors (Lipinski definition) is 1. The van der Waals surface area contributed by atoms with E-state index in [1.54, 1.807) is 16.2 Å². The lowest BCUT2D eigenvalue weighted by molar-refractivity contribution is -0.0940. The average molecular weight is 377 g/mol. The quantitative estimate of drug-likeness (QED) is 0.744. The fraction of sp³-hybridized carbons (Fsp3) is 0.227. The van der Waals surface area contributed by atoms with Gasteiger partial charge in [-0.3, -0.25) is 0 Å². The van der Waals surface area contributed by atoms with Gasteiger partial charge in [-0.2, -0.15) is 11.3 Å². The van der Waals surface area contributed by atoms with Gasteiger partial charge in [-0.05, 0) is 44.6 Å². The number of carbonyl (C=O) groups excluding carboxylic acids is 1. The molecule has 1 aliphatic heterocycles. The predicted octanol–water partition coefficient (Wildman–Crippen LogP) is 4.20. The normalized spacial score (nSPS) is 17.1. The Balaban J connectivity index is 1.28. The molecule has 2 heterocycles. The Bertz CT molecular complexity index is 947. The summed E-state index contributed by atoms with van der Waals surface area (Å²) in [6.07, 6.45) is -0.364. The summed E-state index contributed by atoms with van der Waals surface area (Å²) in [5.74, 6) is 0.0541. The van der Waals surface area contributed by atoms with Gasteiger partial charge in [0, 0.05) is 5.92 Å². The van der Waals surface area contributed by atoms with Crippen molar-refractivity contribution in [3.63, 3.8) is 0 Å². The van der Waals surface area contributed by atoms with E-state index in [1.807, 2.05) is 41.1 Å². The van der Waals surface area contributed by atoms with Crippen molar-refractivity contribution in [1.82, 2.24) is 4.90 Å². The molecule has 3 aromatic rings. The van der Waals surface area contributed by atoms with E-state index < -0.39 is 5.60 Å². The summed E-state index contributed by atoms with van der Waals surface area (Å²) in [6, 6.07) is 18.5. The highest BCUT2D eigenvalue weighted by Gasteiger charge is 2.46. The van der Waals surface area contributed by atoms with E-state index in [4.69, 9.17) is 4.74 Å². The SMILES string of the molecule is O=C(OCC1c2ccccc2-c2ccccc21)N1CC(O)(c2ccsc2)C1. The number of nitrogens with zero attached hydrogens (tertiary/aromatic N) is 1. The summed E-state index contributed by atoms with van der Waals surface area (Å²) in [5.41, 5.74) is 4.76. The lowest BCUT2D eigenvalue weighted by Crippen LogP contribution is -2.61. The van der Waals surface area contributed by atoms with Crippen molar-refractivity contribution in [2.45, 2.75) is 11.5 Å². The number of rotatable bonds is 3. The highest BCUT2D eigenvalue weighted by molar-refractivity contribution is 7.08. The Labute approximate surface area is 161 Å². The molecule has 1 amide bonds. The molecular weight excluding hydrogens is 358 g/mol. The molecule has 0 atom stereocenters. The molecule has 0 unspecified atom stereocenters. The number of β-amino-alcohol motifs (C(OH)–C–C–N with tert-alkyl or cyclic N) is 1. The second-order valence-electron chi connectivity index (χ2n) is 7.20. The maximum Gasteiger partial charge on any atom is 0.410 e. The minimum Gasteiger partial charge on any atom is -0.448 e. The molecule has 1 fully saturated rings. The van der Waals surface area contributed by atoms with Crippen LogP contribution in [0.5, 0.6) is 0 Å². The van der Waals surface area contributed by atoms with Crippen LogP contribution >= 0.6 is 11.3 Å². The molecule has 0 saturated carbocycles. The highest BCUT2D eigenvalue weighted by Crippen LogP contribution is 2.44. The minimum absolute atomic E-state index is 0.0541. The summed E-state index contributed by atoms with van der Waals surface area (Å²) < 4.78 is 5.63. The van der Waals surface area contributed by atoms with Gasteiger partial charge in [0.15, 0.2) is 0 Å². The number of fused-ring (bicyclic) bond motifs is 3. The Morgan fingerprint density at radius 1 is 1.07 bits per heavy atom. The smallest absolute Gasteiger partial charge is 0.410 e. The molecule has 0 bridgehead atoms. The van der Waals surface area contributed by atoms with Crippen molar-refractivity contribution in [1.29, 1.82) is 0 Å². The summed E-state index contributed by atoms with van der Waals surface area (Å²) in [4.78, 5) is 14.0. The molecule has 4 nitrogen and oxygen atoms in total.